The Morgan fingerprint density at radius 1 is 0.810 bits per heavy atom. The van der Waals surface area contributed by atoms with E-state index >= 15 is 0 Å². The van der Waals surface area contributed by atoms with Crippen LogP contribution in [0.1, 0.15) is 57.7 Å². The summed E-state index contributed by atoms with van der Waals surface area (Å²) in [5.41, 5.74) is 7.33. The van der Waals surface area contributed by atoms with Crippen molar-refractivity contribution in [2.24, 2.45) is 5.92 Å². The van der Waals surface area contributed by atoms with Gasteiger partial charge >= 0.3 is 0 Å². The maximum Gasteiger partial charge on any atom is 0.241 e. The molecule has 3 N–H and O–H groups in total. The standard InChI is InChI=1S/C45H46N4O6S3/c1-29-12-22-39(23-13-29)58(52,53)49-40(25-32-8-5-4-6-9-32)43(51)46-26-34-10-7-11-38(24-34)35-18-20-37(21-19-35)44-54-41(28-56-45-48-47-31(3)57-45)30(2)42(55-44)36-16-14-33(27-50)15-17-36/h4-24,30,40-42,44,49-50H,25-28H2,1-3H3,(H,46,51)/t30-,40-,41+,42+,44+/m1/s1. The number of amides is 1. The summed E-state index contributed by atoms with van der Waals surface area (Å²) in [6.45, 7) is 6.16. The van der Waals surface area contributed by atoms with Crippen LogP contribution >= 0.6 is 23.1 Å². The molecule has 1 aliphatic rings. The van der Waals surface area contributed by atoms with Crippen LogP contribution in [0.4, 0.5) is 0 Å². The zero-order chi connectivity index (χ0) is 40.6. The van der Waals surface area contributed by atoms with Crippen molar-refractivity contribution < 1.29 is 27.8 Å². The van der Waals surface area contributed by atoms with E-state index in [9.17, 15) is 18.3 Å². The highest BCUT2D eigenvalue weighted by Crippen LogP contribution is 2.43. The highest BCUT2D eigenvalue weighted by molar-refractivity contribution is 8.01. The molecule has 1 saturated heterocycles. The lowest BCUT2D eigenvalue weighted by atomic mass is 9.91. The molecule has 300 valence electrons. The normalized spacial score (nSPS) is 18.8. The molecule has 0 aliphatic carbocycles. The molecule has 1 amide bonds. The largest absolute Gasteiger partial charge is 0.392 e. The van der Waals surface area contributed by atoms with Crippen LogP contribution in [0.15, 0.2) is 137 Å². The molecule has 13 heteroatoms. The van der Waals surface area contributed by atoms with Crippen LogP contribution in [0.25, 0.3) is 11.1 Å². The summed E-state index contributed by atoms with van der Waals surface area (Å²) in [5, 5.41) is 21.9. The van der Waals surface area contributed by atoms with Crippen molar-refractivity contribution in [1.29, 1.82) is 0 Å². The van der Waals surface area contributed by atoms with Gasteiger partial charge in [-0.1, -0.05) is 145 Å². The van der Waals surface area contributed by atoms with E-state index in [2.05, 4.69) is 27.2 Å². The number of hydrogen-bond donors (Lipinski definition) is 3. The molecule has 0 spiro atoms. The van der Waals surface area contributed by atoms with Gasteiger partial charge in [-0.3, -0.25) is 4.79 Å². The Morgan fingerprint density at radius 3 is 2.21 bits per heavy atom. The molecule has 6 aromatic rings. The van der Waals surface area contributed by atoms with Crippen molar-refractivity contribution in [3.05, 3.63) is 166 Å². The molecule has 5 aromatic carbocycles. The molecule has 0 bridgehead atoms. The Balaban J connectivity index is 1.04. The SMILES string of the molecule is Cc1ccc(S(=O)(=O)N[C@H](Cc2ccccc2)C(=O)NCc2cccc(-c3ccc([C@H]4O[C@@H](CSc5nnc(C)s5)[C@@H](C)[C@@H](c5ccc(CO)cc5)O4)cc3)c2)cc1. The summed E-state index contributed by atoms with van der Waals surface area (Å²) < 4.78 is 43.5. The summed E-state index contributed by atoms with van der Waals surface area (Å²) in [6.07, 6.45) is -0.780. The van der Waals surface area contributed by atoms with Crippen molar-refractivity contribution in [1.82, 2.24) is 20.2 Å². The van der Waals surface area contributed by atoms with Gasteiger partial charge in [-0.15, -0.1) is 10.2 Å². The minimum atomic E-state index is -3.96. The van der Waals surface area contributed by atoms with Crippen LogP contribution in [0.3, 0.4) is 0 Å². The van der Waals surface area contributed by atoms with E-state index in [0.29, 0.717) is 5.75 Å². The molecule has 0 saturated carbocycles. The summed E-state index contributed by atoms with van der Waals surface area (Å²) in [5.74, 6) is 0.310. The number of aliphatic hydroxyl groups excluding tert-OH is 1. The molecule has 1 fully saturated rings. The third-order valence-electron chi connectivity index (χ3n) is 10.1. The van der Waals surface area contributed by atoms with Crippen LogP contribution in [-0.2, 0) is 43.9 Å². The summed E-state index contributed by atoms with van der Waals surface area (Å²) in [6, 6.07) is 38.8. The second-order valence-electron chi connectivity index (χ2n) is 14.4. The van der Waals surface area contributed by atoms with E-state index in [1.165, 1.54) is 0 Å². The second kappa shape index (κ2) is 18.9. The maximum absolute atomic E-state index is 13.6. The smallest absolute Gasteiger partial charge is 0.241 e. The average molecular weight is 835 g/mol. The Bertz CT molecular complexity index is 2390. The summed E-state index contributed by atoms with van der Waals surface area (Å²) in [7, 11) is -3.96. The van der Waals surface area contributed by atoms with E-state index in [0.717, 1.165) is 53.9 Å². The van der Waals surface area contributed by atoms with Gasteiger partial charge in [-0.2, -0.15) is 4.72 Å². The number of aliphatic hydroxyl groups is 1. The van der Waals surface area contributed by atoms with Crippen LogP contribution in [0.5, 0.6) is 0 Å². The first-order valence-corrected chi connectivity index (χ1v) is 22.4. The zero-order valence-electron chi connectivity index (χ0n) is 32.4. The molecule has 5 atom stereocenters. The van der Waals surface area contributed by atoms with E-state index in [4.69, 9.17) is 9.47 Å². The quantitative estimate of drug-likeness (QED) is 0.0876. The number of nitrogens with zero attached hydrogens (tertiary/aromatic N) is 2. The summed E-state index contributed by atoms with van der Waals surface area (Å²) in [4.78, 5) is 13.8. The number of thioether (sulfide) groups is 1. The van der Waals surface area contributed by atoms with Gasteiger partial charge in [-0.05, 0) is 71.8 Å². The molecule has 0 unspecified atom stereocenters. The number of nitrogens with one attached hydrogen (secondary N) is 2. The van der Waals surface area contributed by atoms with E-state index in [-0.39, 0.29) is 42.6 Å². The molecular weight excluding hydrogens is 789 g/mol. The number of carbonyl (C=O) groups excluding carboxylic acids is 1. The lowest BCUT2D eigenvalue weighted by molar-refractivity contribution is -0.268. The van der Waals surface area contributed by atoms with Crippen LogP contribution in [0.2, 0.25) is 0 Å². The number of hydrogen-bond acceptors (Lipinski definition) is 10. The van der Waals surface area contributed by atoms with Gasteiger partial charge in [-0.25, -0.2) is 8.42 Å². The first-order valence-electron chi connectivity index (χ1n) is 19.1. The number of benzene rings is 5. The Kier molecular flexibility index (Phi) is 13.5. The summed E-state index contributed by atoms with van der Waals surface area (Å²) >= 11 is 3.20. The highest BCUT2D eigenvalue weighted by atomic mass is 32.2. The third kappa shape index (κ3) is 10.5. The predicted molar refractivity (Wildman–Crippen MR) is 227 cm³/mol. The van der Waals surface area contributed by atoms with Crippen molar-refractivity contribution in [3.63, 3.8) is 0 Å². The molecule has 1 aromatic heterocycles. The average Bonchev–Trinajstić information content (AvgIpc) is 3.67. The fourth-order valence-electron chi connectivity index (χ4n) is 6.82. The van der Waals surface area contributed by atoms with E-state index in [1.54, 1.807) is 47.4 Å². The lowest BCUT2D eigenvalue weighted by Gasteiger charge is -2.41. The molecule has 58 heavy (non-hydrogen) atoms. The fraction of sp³-hybridized carbons (Fsp3) is 0.267. The van der Waals surface area contributed by atoms with Crippen LogP contribution in [0, 0.1) is 19.8 Å². The molecule has 7 rings (SSSR count). The number of aromatic nitrogens is 2. The van der Waals surface area contributed by atoms with Gasteiger partial charge in [0.05, 0.1) is 23.7 Å². The maximum atomic E-state index is 13.6. The van der Waals surface area contributed by atoms with Gasteiger partial charge < -0.3 is 19.9 Å². The number of ether oxygens (including phenoxy) is 2. The Labute approximate surface area is 348 Å². The van der Waals surface area contributed by atoms with Crippen molar-refractivity contribution >= 4 is 39.0 Å². The first-order chi connectivity index (χ1) is 28.0. The van der Waals surface area contributed by atoms with Gasteiger partial charge in [0, 0.05) is 23.8 Å². The van der Waals surface area contributed by atoms with Crippen molar-refractivity contribution in [2.45, 2.75) is 74.1 Å². The fourth-order valence-corrected chi connectivity index (χ4v) is 10.0. The number of aryl methyl sites for hydroxylation is 2. The molecule has 0 radical (unpaired) electrons. The molecule has 10 nitrogen and oxygen atoms in total. The van der Waals surface area contributed by atoms with Crippen molar-refractivity contribution in [2.75, 3.05) is 5.75 Å². The van der Waals surface area contributed by atoms with Crippen LogP contribution in [-0.4, -0.2) is 47.5 Å². The van der Waals surface area contributed by atoms with E-state index in [1.807, 2.05) is 117 Å². The van der Waals surface area contributed by atoms with E-state index < -0.39 is 28.3 Å². The monoisotopic (exact) mass is 834 g/mol. The Morgan fingerprint density at radius 2 is 1.52 bits per heavy atom. The molecule has 2 heterocycles. The Hall–Kier alpha value is -4.73. The third-order valence-corrected chi connectivity index (χ3v) is 13.7. The van der Waals surface area contributed by atoms with Gasteiger partial charge in [0.25, 0.3) is 0 Å². The molecule has 1 aliphatic heterocycles. The van der Waals surface area contributed by atoms with Crippen LogP contribution < -0.4 is 10.0 Å². The zero-order valence-corrected chi connectivity index (χ0v) is 34.9. The topological polar surface area (TPSA) is 140 Å². The van der Waals surface area contributed by atoms with Gasteiger partial charge in [0.1, 0.15) is 11.0 Å². The lowest BCUT2D eigenvalue weighted by Crippen LogP contribution is -2.47. The number of carbonyl (C=O) groups is 1. The van der Waals surface area contributed by atoms with Gasteiger partial charge in [0.2, 0.25) is 15.9 Å². The minimum Gasteiger partial charge on any atom is -0.392 e. The minimum absolute atomic E-state index is 0.0222. The predicted octanol–water partition coefficient (Wildman–Crippen LogP) is 8.10. The second-order valence-corrected chi connectivity index (χ2v) is 18.6. The van der Waals surface area contributed by atoms with Gasteiger partial charge in [0.15, 0.2) is 10.6 Å². The number of sulfonamides is 1. The molecular formula is C45H46N4O6S3. The van der Waals surface area contributed by atoms with Crippen molar-refractivity contribution in [3.8, 4) is 11.1 Å². The highest BCUT2D eigenvalue weighted by Gasteiger charge is 2.38. The number of rotatable bonds is 15. The first kappa shape index (κ1) is 41.4.